The molecule has 4 aromatic rings. The SMILES string of the molecule is CN(C)c1ccc(-c2cc3ncccc3c(-c3ccn(C4(CC#N)CN(S(C)(=O)=O)C4)n3)n2)cn1. The van der Waals surface area contributed by atoms with Crippen molar-refractivity contribution in [3.63, 3.8) is 0 Å². The van der Waals surface area contributed by atoms with Gasteiger partial charge in [-0.2, -0.15) is 14.7 Å². The van der Waals surface area contributed by atoms with Crippen LogP contribution < -0.4 is 4.90 Å². The zero-order valence-corrected chi connectivity index (χ0v) is 20.4. The van der Waals surface area contributed by atoms with Crippen LogP contribution >= 0.6 is 0 Å². The maximum absolute atomic E-state index is 11.9. The van der Waals surface area contributed by atoms with Crippen LogP contribution in [0.25, 0.3) is 33.5 Å². The highest BCUT2D eigenvalue weighted by atomic mass is 32.2. The van der Waals surface area contributed by atoms with E-state index in [4.69, 9.17) is 10.1 Å². The smallest absolute Gasteiger partial charge is 0.211 e. The fourth-order valence-corrected chi connectivity index (χ4v) is 5.21. The Labute approximate surface area is 203 Å². The first-order chi connectivity index (χ1) is 16.7. The third kappa shape index (κ3) is 4.11. The lowest BCUT2D eigenvalue weighted by Crippen LogP contribution is -2.63. The molecule has 1 aliphatic rings. The van der Waals surface area contributed by atoms with Crippen LogP contribution in [0.2, 0.25) is 0 Å². The molecule has 0 spiro atoms. The molecule has 0 atom stereocenters. The molecule has 1 saturated heterocycles. The molecule has 0 amide bonds. The first-order valence-electron chi connectivity index (χ1n) is 11.0. The molecule has 1 fully saturated rings. The van der Waals surface area contributed by atoms with Crippen molar-refractivity contribution in [1.29, 1.82) is 5.26 Å². The second-order valence-electron chi connectivity index (χ2n) is 8.96. The van der Waals surface area contributed by atoms with Gasteiger partial charge >= 0.3 is 0 Å². The predicted molar refractivity (Wildman–Crippen MR) is 133 cm³/mol. The number of anilines is 1. The maximum Gasteiger partial charge on any atom is 0.211 e. The lowest BCUT2D eigenvalue weighted by Gasteiger charge is -2.47. The average Bonchev–Trinajstić information content (AvgIpc) is 3.30. The maximum atomic E-state index is 11.9. The number of sulfonamides is 1. The topological polar surface area (TPSA) is 121 Å². The van der Waals surface area contributed by atoms with E-state index in [1.54, 1.807) is 23.3 Å². The number of aromatic nitrogens is 5. The first-order valence-corrected chi connectivity index (χ1v) is 12.8. The Morgan fingerprint density at radius 3 is 2.60 bits per heavy atom. The lowest BCUT2D eigenvalue weighted by atomic mass is 9.89. The van der Waals surface area contributed by atoms with Crippen LogP contribution in [0, 0.1) is 11.3 Å². The summed E-state index contributed by atoms with van der Waals surface area (Å²) in [4.78, 5) is 15.9. The van der Waals surface area contributed by atoms with Crippen LogP contribution in [-0.2, 0) is 15.6 Å². The molecule has 11 heteroatoms. The Kier molecular flexibility index (Phi) is 5.50. The predicted octanol–water partition coefficient (Wildman–Crippen LogP) is 2.51. The van der Waals surface area contributed by atoms with E-state index >= 15 is 0 Å². The summed E-state index contributed by atoms with van der Waals surface area (Å²) in [7, 11) is 0.542. The number of pyridine rings is 3. The van der Waals surface area contributed by atoms with Crippen molar-refractivity contribution < 1.29 is 8.42 Å². The first kappa shape index (κ1) is 22.9. The summed E-state index contributed by atoms with van der Waals surface area (Å²) in [5.74, 6) is 0.845. The van der Waals surface area contributed by atoms with Gasteiger partial charge in [0.25, 0.3) is 0 Å². The van der Waals surface area contributed by atoms with Crippen molar-refractivity contribution in [2.45, 2.75) is 12.0 Å². The highest BCUT2D eigenvalue weighted by Gasteiger charge is 2.49. The molecule has 178 valence electrons. The summed E-state index contributed by atoms with van der Waals surface area (Å²) in [5, 5.41) is 15.0. The number of nitriles is 1. The van der Waals surface area contributed by atoms with Gasteiger partial charge in [-0.25, -0.2) is 18.4 Å². The molecule has 0 aromatic carbocycles. The quantitative estimate of drug-likeness (QED) is 0.406. The molecule has 0 aliphatic carbocycles. The third-order valence-corrected chi connectivity index (χ3v) is 7.43. The van der Waals surface area contributed by atoms with Crippen molar-refractivity contribution in [3.05, 3.63) is 55.0 Å². The van der Waals surface area contributed by atoms with Crippen molar-refractivity contribution in [1.82, 2.24) is 29.0 Å². The molecule has 0 saturated carbocycles. The van der Waals surface area contributed by atoms with E-state index in [0.29, 0.717) is 11.4 Å². The summed E-state index contributed by atoms with van der Waals surface area (Å²) in [5.41, 5.74) is 2.93. The van der Waals surface area contributed by atoms with Gasteiger partial charge in [-0.05, 0) is 36.4 Å². The van der Waals surface area contributed by atoms with Crippen molar-refractivity contribution in [2.24, 2.45) is 0 Å². The van der Waals surface area contributed by atoms with E-state index in [1.165, 1.54) is 10.6 Å². The second-order valence-corrected chi connectivity index (χ2v) is 10.9. The van der Waals surface area contributed by atoms with Gasteiger partial charge in [0.15, 0.2) is 0 Å². The third-order valence-electron chi connectivity index (χ3n) is 6.24. The van der Waals surface area contributed by atoms with Crippen molar-refractivity contribution in [3.8, 4) is 28.7 Å². The molecule has 35 heavy (non-hydrogen) atoms. The Hall–Kier alpha value is -3.88. The van der Waals surface area contributed by atoms with Crippen LogP contribution in [0.5, 0.6) is 0 Å². The molecule has 0 unspecified atom stereocenters. The number of hydrogen-bond acceptors (Lipinski definition) is 8. The van der Waals surface area contributed by atoms with Crippen LogP contribution in [0.1, 0.15) is 6.42 Å². The van der Waals surface area contributed by atoms with Gasteiger partial charge in [0, 0.05) is 56.7 Å². The average molecular weight is 489 g/mol. The van der Waals surface area contributed by atoms with Gasteiger partial charge < -0.3 is 4.90 Å². The minimum Gasteiger partial charge on any atom is -0.363 e. The van der Waals surface area contributed by atoms with Gasteiger partial charge in [-0.1, -0.05) is 0 Å². The number of fused-ring (bicyclic) bond motifs is 1. The second kappa shape index (κ2) is 8.41. The van der Waals surface area contributed by atoms with Crippen LogP contribution in [0.15, 0.2) is 55.0 Å². The normalized spacial score (nSPS) is 15.5. The monoisotopic (exact) mass is 488 g/mol. The Morgan fingerprint density at radius 1 is 1.14 bits per heavy atom. The van der Waals surface area contributed by atoms with Crippen LogP contribution in [0.4, 0.5) is 5.82 Å². The molecule has 10 nitrogen and oxygen atoms in total. The summed E-state index contributed by atoms with van der Waals surface area (Å²) in [6.07, 6.45) is 6.63. The highest BCUT2D eigenvalue weighted by Crippen LogP contribution is 2.35. The molecule has 0 N–H and O–H groups in total. The highest BCUT2D eigenvalue weighted by molar-refractivity contribution is 7.88. The van der Waals surface area contributed by atoms with Gasteiger partial charge in [-0.3, -0.25) is 9.67 Å². The van der Waals surface area contributed by atoms with Crippen LogP contribution in [0.3, 0.4) is 0 Å². The van der Waals surface area contributed by atoms with E-state index in [2.05, 4.69) is 16.0 Å². The minimum absolute atomic E-state index is 0.153. The lowest BCUT2D eigenvalue weighted by molar-refractivity contribution is 0.0726. The zero-order valence-electron chi connectivity index (χ0n) is 19.6. The van der Waals surface area contributed by atoms with Crippen molar-refractivity contribution >= 4 is 26.7 Å². The molecule has 0 radical (unpaired) electrons. The molecule has 4 aromatic heterocycles. The summed E-state index contributed by atoms with van der Waals surface area (Å²) in [6.45, 7) is 0.417. The molecule has 5 heterocycles. The van der Waals surface area contributed by atoms with Gasteiger partial charge in [0.2, 0.25) is 10.0 Å². The zero-order chi connectivity index (χ0) is 24.8. The van der Waals surface area contributed by atoms with Gasteiger partial charge in [0.05, 0.1) is 30.0 Å². The number of rotatable bonds is 6. The van der Waals surface area contributed by atoms with E-state index in [1.807, 2.05) is 55.4 Å². The van der Waals surface area contributed by atoms with E-state index < -0.39 is 15.6 Å². The van der Waals surface area contributed by atoms with E-state index in [9.17, 15) is 13.7 Å². The van der Waals surface area contributed by atoms with Gasteiger partial charge in [0.1, 0.15) is 22.7 Å². The fraction of sp³-hybridized carbons (Fsp3) is 0.292. The van der Waals surface area contributed by atoms with Crippen LogP contribution in [-0.4, -0.2) is 70.9 Å². The molecule has 1 aliphatic heterocycles. The Balaban J connectivity index is 1.57. The van der Waals surface area contributed by atoms with Gasteiger partial charge in [-0.15, -0.1) is 0 Å². The number of nitrogens with zero attached hydrogens (tertiary/aromatic N) is 8. The summed E-state index contributed by atoms with van der Waals surface area (Å²) < 4.78 is 26.9. The Morgan fingerprint density at radius 2 is 1.94 bits per heavy atom. The molecule has 0 bridgehead atoms. The standard InChI is InChI=1S/C24H24N8O2S/c1-30(2)22-7-6-17(14-27-22)20-13-21-18(5-4-11-26-21)23(28-20)19-8-12-32(29-19)24(9-10-25)15-31(16-24)35(3,33)34/h4-8,11-14H,9,15-16H2,1-3H3. The summed E-state index contributed by atoms with van der Waals surface area (Å²) in [6, 6.07) is 13.7. The molecular formula is C24H24N8O2S. The largest absolute Gasteiger partial charge is 0.363 e. The van der Waals surface area contributed by atoms with E-state index in [-0.39, 0.29) is 19.5 Å². The molecular weight excluding hydrogens is 464 g/mol. The molecule has 5 rings (SSSR count). The number of hydrogen-bond donors (Lipinski definition) is 0. The Bertz CT molecular complexity index is 1550. The van der Waals surface area contributed by atoms with E-state index in [0.717, 1.165) is 28.0 Å². The fourth-order valence-electron chi connectivity index (χ4n) is 4.26. The minimum atomic E-state index is -3.33. The van der Waals surface area contributed by atoms with Crippen molar-refractivity contribution in [2.75, 3.05) is 38.3 Å². The summed E-state index contributed by atoms with van der Waals surface area (Å²) >= 11 is 0.